The fraction of sp³-hybridized carbons (Fsp3) is 0.263. The van der Waals surface area contributed by atoms with E-state index >= 15 is 0 Å². The number of benzene rings is 2. The predicted molar refractivity (Wildman–Crippen MR) is 97.3 cm³/mol. The zero-order valence-corrected chi connectivity index (χ0v) is 14.9. The third-order valence-corrected chi connectivity index (χ3v) is 4.23. The van der Waals surface area contributed by atoms with E-state index in [1.807, 2.05) is 6.92 Å². The molecule has 0 aliphatic heterocycles. The maximum absolute atomic E-state index is 13.5. The van der Waals surface area contributed by atoms with Crippen molar-refractivity contribution in [3.63, 3.8) is 0 Å². The molecule has 0 fully saturated rings. The molecule has 0 unspecified atom stereocenters. The lowest BCUT2D eigenvalue weighted by atomic mass is 10.1. The smallest absolute Gasteiger partial charge is 0.240 e. The second-order valence-corrected chi connectivity index (χ2v) is 6.14. The van der Waals surface area contributed by atoms with Crippen molar-refractivity contribution < 1.29 is 14.0 Å². The van der Waals surface area contributed by atoms with Gasteiger partial charge in [-0.15, -0.1) is 0 Å². The molecule has 0 bridgehead atoms. The van der Waals surface area contributed by atoms with Crippen molar-refractivity contribution in [1.82, 2.24) is 5.32 Å². The molecule has 0 aliphatic carbocycles. The highest BCUT2D eigenvalue weighted by atomic mass is 35.5. The van der Waals surface area contributed by atoms with Gasteiger partial charge >= 0.3 is 0 Å². The van der Waals surface area contributed by atoms with Gasteiger partial charge in [0.15, 0.2) is 0 Å². The Bertz CT molecular complexity index is 780. The van der Waals surface area contributed by atoms with E-state index in [0.29, 0.717) is 29.2 Å². The quantitative estimate of drug-likeness (QED) is 0.855. The number of halogens is 2. The molecule has 0 aliphatic rings. The molecule has 132 valence electrons. The minimum absolute atomic E-state index is 0.119. The van der Waals surface area contributed by atoms with E-state index < -0.39 is 0 Å². The second-order valence-electron chi connectivity index (χ2n) is 5.73. The van der Waals surface area contributed by atoms with Gasteiger partial charge < -0.3 is 10.2 Å². The van der Waals surface area contributed by atoms with Crippen LogP contribution < -0.4 is 10.2 Å². The first-order valence-corrected chi connectivity index (χ1v) is 8.30. The number of carbonyl (C=O) groups excluding carboxylic acids is 2. The number of hydrogen-bond acceptors (Lipinski definition) is 2. The van der Waals surface area contributed by atoms with Crippen LogP contribution in [0.2, 0.25) is 5.02 Å². The lowest BCUT2D eigenvalue weighted by Gasteiger charge is -2.21. The van der Waals surface area contributed by atoms with Gasteiger partial charge in [-0.05, 0) is 42.7 Å². The number of nitrogens with one attached hydrogen (secondary N) is 1. The van der Waals surface area contributed by atoms with Crippen molar-refractivity contribution in [3.8, 4) is 0 Å². The molecule has 0 aromatic heterocycles. The average Bonchev–Trinajstić information content (AvgIpc) is 2.57. The first-order chi connectivity index (χ1) is 11.9. The Balaban J connectivity index is 1.95. The van der Waals surface area contributed by atoms with Crippen LogP contribution in [0.15, 0.2) is 42.5 Å². The van der Waals surface area contributed by atoms with Crippen molar-refractivity contribution >= 4 is 29.1 Å². The van der Waals surface area contributed by atoms with Gasteiger partial charge in [-0.3, -0.25) is 9.59 Å². The van der Waals surface area contributed by atoms with Crippen molar-refractivity contribution in [2.24, 2.45) is 0 Å². The molecule has 0 atom stereocenters. The predicted octanol–water partition coefficient (Wildman–Crippen LogP) is 3.50. The Kier molecular flexibility index (Phi) is 6.53. The number of anilines is 1. The van der Waals surface area contributed by atoms with Gasteiger partial charge in [-0.1, -0.05) is 35.9 Å². The van der Waals surface area contributed by atoms with Gasteiger partial charge in [-0.2, -0.15) is 0 Å². The minimum atomic E-state index is -0.316. The fourth-order valence-electron chi connectivity index (χ4n) is 2.37. The molecule has 0 saturated heterocycles. The highest BCUT2D eigenvalue weighted by Crippen LogP contribution is 2.23. The minimum Gasteiger partial charge on any atom is -0.354 e. The summed E-state index contributed by atoms with van der Waals surface area (Å²) in [6, 6.07) is 11.6. The van der Waals surface area contributed by atoms with Crippen LogP contribution in [0, 0.1) is 12.7 Å². The van der Waals surface area contributed by atoms with Crippen molar-refractivity contribution in [2.45, 2.75) is 20.3 Å². The molecule has 4 nitrogen and oxygen atoms in total. The van der Waals surface area contributed by atoms with E-state index in [0.717, 1.165) is 5.56 Å². The lowest BCUT2D eigenvalue weighted by Crippen LogP contribution is -2.40. The number of rotatable bonds is 6. The Hall–Kier alpha value is -2.40. The van der Waals surface area contributed by atoms with E-state index in [4.69, 9.17) is 11.6 Å². The van der Waals surface area contributed by atoms with E-state index in [2.05, 4.69) is 5.32 Å². The first-order valence-electron chi connectivity index (χ1n) is 7.93. The van der Waals surface area contributed by atoms with Gasteiger partial charge in [0, 0.05) is 24.2 Å². The van der Waals surface area contributed by atoms with Crippen molar-refractivity contribution in [1.29, 1.82) is 0 Å². The van der Waals surface area contributed by atoms with Crippen LogP contribution in [0.4, 0.5) is 10.1 Å². The fourth-order valence-corrected chi connectivity index (χ4v) is 2.55. The molecule has 0 spiro atoms. The van der Waals surface area contributed by atoms with Crippen LogP contribution in [0.5, 0.6) is 0 Å². The van der Waals surface area contributed by atoms with Crippen LogP contribution in [0.3, 0.4) is 0 Å². The number of amides is 2. The topological polar surface area (TPSA) is 49.4 Å². The van der Waals surface area contributed by atoms with Crippen LogP contribution in [-0.4, -0.2) is 24.9 Å². The standard InChI is InChI=1S/C19H20ClFN2O2/c1-13-7-8-16(11-17(13)20)23(14(2)24)12-19(25)22-10-9-15-5-3-4-6-18(15)21/h3-8,11H,9-10,12H2,1-2H3,(H,22,25). The summed E-state index contributed by atoms with van der Waals surface area (Å²) < 4.78 is 13.5. The summed E-state index contributed by atoms with van der Waals surface area (Å²) in [7, 11) is 0. The number of nitrogens with zero attached hydrogens (tertiary/aromatic N) is 1. The molecular formula is C19H20ClFN2O2. The Labute approximate surface area is 151 Å². The summed E-state index contributed by atoms with van der Waals surface area (Å²) >= 11 is 6.09. The summed E-state index contributed by atoms with van der Waals surface area (Å²) in [6.07, 6.45) is 0.384. The molecular weight excluding hydrogens is 343 g/mol. The summed E-state index contributed by atoms with van der Waals surface area (Å²) in [4.78, 5) is 25.3. The van der Waals surface area contributed by atoms with Gasteiger partial charge in [0.25, 0.3) is 0 Å². The SMILES string of the molecule is CC(=O)N(CC(=O)NCCc1ccccc1F)c1ccc(C)c(Cl)c1. The van der Waals surface area contributed by atoms with Crippen LogP contribution in [-0.2, 0) is 16.0 Å². The molecule has 2 amide bonds. The normalized spacial score (nSPS) is 10.4. The summed E-state index contributed by atoms with van der Waals surface area (Å²) in [6.45, 7) is 3.42. The summed E-state index contributed by atoms with van der Waals surface area (Å²) in [5.74, 6) is -0.871. The largest absolute Gasteiger partial charge is 0.354 e. The highest BCUT2D eigenvalue weighted by molar-refractivity contribution is 6.31. The third kappa shape index (κ3) is 5.29. The maximum Gasteiger partial charge on any atom is 0.240 e. The average molecular weight is 363 g/mol. The summed E-state index contributed by atoms with van der Waals surface area (Å²) in [5.41, 5.74) is 1.99. The monoisotopic (exact) mass is 362 g/mol. The second kappa shape index (κ2) is 8.62. The zero-order chi connectivity index (χ0) is 18.4. The summed E-state index contributed by atoms with van der Waals surface area (Å²) in [5, 5.41) is 3.24. The Morgan fingerprint density at radius 1 is 1.20 bits per heavy atom. The van der Waals surface area contributed by atoms with E-state index in [9.17, 15) is 14.0 Å². The third-order valence-electron chi connectivity index (χ3n) is 3.82. The first kappa shape index (κ1) is 18.9. The van der Waals surface area contributed by atoms with Gasteiger partial charge in [-0.25, -0.2) is 4.39 Å². The Morgan fingerprint density at radius 3 is 2.56 bits per heavy atom. The van der Waals surface area contributed by atoms with Crippen LogP contribution in [0.25, 0.3) is 0 Å². The molecule has 1 N–H and O–H groups in total. The van der Waals surface area contributed by atoms with Gasteiger partial charge in [0.1, 0.15) is 12.4 Å². The molecule has 0 radical (unpaired) electrons. The molecule has 2 aromatic rings. The Morgan fingerprint density at radius 2 is 1.92 bits per heavy atom. The maximum atomic E-state index is 13.5. The lowest BCUT2D eigenvalue weighted by molar-refractivity contribution is -0.123. The van der Waals surface area contributed by atoms with Gasteiger partial charge in [0.05, 0.1) is 0 Å². The molecule has 0 saturated carbocycles. The zero-order valence-electron chi connectivity index (χ0n) is 14.2. The van der Waals surface area contributed by atoms with Crippen molar-refractivity contribution in [2.75, 3.05) is 18.0 Å². The molecule has 2 aromatic carbocycles. The van der Waals surface area contributed by atoms with E-state index in [1.54, 1.807) is 36.4 Å². The van der Waals surface area contributed by atoms with Crippen LogP contribution >= 0.6 is 11.6 Å². The number of hydrogen-bond donors (Lipinski definition) is 1. The molecule has 6 heteroatoms. The molecule has 2 rings (SSSR count). The van der Waals surface area contributed by atoms with E-state index in [1.165, 1.54) is 17.9 Å². The number of carbonyl (C=O) groups is 2. The number of aryl methyl sites for hydroxylation is 1. The molecule has 25 heavy (non-hydrogen) atoms. The van der Waals surface area contributed by atoms with Gasteiger partial charge in [0.2, 0.25) is 11.8 Å². The highest BCUT2D eigenvalue weighted by Gasteiger charge is 2.16. The van der Waals surface area contributed by atoms with Crippen LogP contribution in [0.1, 0.15) is 18.1 Å². The van der Waals surface area contributed by atoms with Crippen molar-refractivity contribution in [3.05, 3.63) is 64.4 Å². The molecule has 0 heterocycles. The van der Waals surface area contributed by atoms with E-state index in [-0.39, 0.29) is 24.2 Å².